The quantitative estimate of drug-likeness (QED) is 0.556. The molecule has 4 nitrogen and oxygen atoms in total. The molecule has 0 N–H and O–H groups in total. The molecular weight excluding hydrogens is 152 g/mol. The number of rotatable bonds is 1. The molecule has 0 aliphatic carbocycles. The van der Waals surface area contributed by atoms with Gasteiger partial charge in [0.1, 0.15) is 12.4 Å². The number of hydrogen-bond acceptors (Lipinski definition) is 3. The monoisotopic (exact) mass is 159 g/mol. The third-order valence-corrected chi connectivity index (χ3v) is 1.41. The van der Waals surface area contributed by atoms with Crippen LogP contribution in [0.1, 0.15) is 0 Å². The predicted molar refractivity (Wildman–Crippen MR) is 41.4 cm³/mol. The number of aromatic nitrogens is 4. The molecule has 0 amide bonds. The average Bonchev–Trinajstić information content (AvgIpc) is 2.21. The van der Waals surface area contributed by atoms with Crippen LogP contribution in [-0.2, 0) is 0 Å². The second kappa shape index (κ2) is 3.04. The molecule has 4 heteroatoms. The molecule has 0 spiro atoms. The van der Waals surface area contributed by atoms with E-state index in [2.05, 4.69) is 15.3 Å². The van der Waals surface area contributed by atoms with Crippen LogP contribution < -0.4 is 4.68 Å². The number of pyridine rings is 1. The van der Waals surface area contributed by atoms with E-state index in [1.54, 1.807) is 23.3 Å². The molecule has 58 valence electrons. The van der Waals surface area contributed by atoms with Crippen molar-refractivity contribution in [3.8, 4) is 5.82 Å². The van der Waals surface area contributed by atoms with Gasteiger partial charge in [0.15, 0.2) is 0 Å². The predicted octanol–water partition coefficient (Wildman–Crippen LogP) is 0.148. The van der Waals surface area contributed by atoms with Gasteiger partial charge < -0.3 is 0 Å². The van der Waals surface area contributed by atoms with Gasteiger partial charge in [0.05, 0.1) is 11.4 Å². The number of hydrogen-bond donors (Lipinski definition) is 0. The minimum Gasteiger partial charge on any atom is -0.110 e. The first-order valence-corrected chi connectivity index (χ1v) is 3.58. The highest BCUT2D eigenvalue weighted by Crippen LogP contribution is 1.88. The summed E-state index contributed by atoms with van der Waals surface area (Å²) < 4.78 is 1.61. The first kappa shape index (κ1) is 6.84. The highest BCUT2D eigenvalue weighted by molar-refractivity contribution is 5.08. The summed E-state index contributed by atoms with van der Waals surface area (Å²) in [5.41, 5.74) is 0. The van der Waals surface area contributed by atoms with Crippen LogP contribution in [0.5, 0.6) is 0 Å². The number of nitrogens with zero attached hydrogens (tertiary/aromatic N) is 4. The molecule has 2 rings (SSSR count). The third kappa shape index (κ3) is 1.27. The van der Waals surface area contributed by atoms with Crippen LogP contribution >= 0.6 is 0 Å². The first-order chi connectivity index (χ1) is 5.97. The van der Waals surface area contributed by atoms with E-state index in [0.717, 1.165) is 5.82 Å². The summed E-state index contributed by atoms with van der Waals surface area (Å²) in [6.45, 7) is 0. The minimum absolute atomic E-state index is 0.769. The van der Waals surface area contributed by atoms with Gasteiger partial charge in [-0.3, -0.25) is 0 Å². The summed E-state index contributed by atoms with van der Waals surface area (Å²) in [5.74, 6) is 0.769. The lowest BCUT2D eigenvalue weighted by molar-refractivity contribution is -0.669. The Balaban J connectivity index is 2.46. The van der Waals surface area contributed by atoms with Gasteiger partial charge in [-0.1, -0.05) is 6.07 Å². The summed E-state index contributed by atoms with van der Waals surface area (Å²) >= 11 is 0. The average molecular weight is 159 g/mol. The first-order valence-electron chi connectivity index (χ1n) is 3.58. The molecule has 0 atom stereocenters. The van der Waals surface area contributed by atoms with E-state index in [-0.39, 0.29) is 0 Å². The van der Waals surface area contributed by atoms with E-state index in [9.17, 15) is 0 Å². The molecule has 0 fully saturated rings. The Labute approximate surface area is 69.5 Å². The van der Waals surface area contributed by atoms with Gasteiger partial charge in [0.2, 0.25) is 0 Å². The Morgan fingerprint density at radius 2 is 2.08 bits per heavy atom. The molecule has 0 radical (unpaired) electrons. The topological polar surface area (TPSA) is 42.5 Å². The molecule has 0 saturated heterocycles. The van der Waals surface area contributed by atoms with E-state index in [4.69, 9.17) is 0 Å². The Bertz CT molecular complexity index is 308. The Morgan fingerprint density at radius 3 is 2.75 bits per heavy atom. The summed E-state index contributed by atoms with van der Waals surface area (Å²) in [5, 5.41) is 7.59. The van der Waals surface area contributed by atoms with Crippen molar-refractivity contribution in [1.29, 1.82) is 0 Å². The fraction of sp³-hybridized carbons (Fsp3) is 0. The highest BCUT2D eigenvalue weighted by Gasteiger charge is 2.01. The molecule has 0 bridgehead atoms. The van der Waals surface area contributed by atoms with Crippen LogP contribution in [0.3, 0.4) is 0 Å². The zero-order valence-corrected chi connectivity index (χ0v) is 6.33. The molecule has 2 aromatic rings. The van der Waals surface area contributed by atoms with Crippen LogP contribution in [0.2, 0.25) is 0 Å². The summed E-state index contributed by atoms with van der Waals surface area (Å²) in [4.78, 5) is 4.11. The van der Waals surface area contributed by atoms with Crippen molar-refractivity contribution in [2.24, 2.45) is 0 Å². The van der Waals surface area contributed by atoms with Crippen molar-refractivity contribution in [2.45, 2.75) is 0 Å². The van der Waals surface area contributed by atoms with Gasteiger partial charge in [0.25, 0.3) is 5.82 Å². The van der Waals surface area contributed by atoms with Gasteiger partial charge in [-0.25, -0.2) is 0 Å². The zero-order valence-electron chi connectivity index (χ0n) is 6.33. The van der Waals surface area contributed by atoms with Gasteiger partial charge in [-0.05, 0) is 11.2 Å². The van der Waals surface area contributed by atoms with Crippen LogP contribution in [0.15, 0.2) is 42.9 Å². The van der Waals surface area contributed by atoms with Crippen LogP contribution in [0, 0.1) is 0 Å². The van der Waals surface area contributed by atoms with Gasteiger partial charge in [-0.2, -0.15) is 0 Å². The van der Waals surface area contributed by atoms with Crippen LogP contribution in [0.4, 0.5) is 0 Å². The van der Waals surface area contributed by atoms with Crippen molar-refractivity contribution in [1.82, 2.24) is 15.3 Å². The van der Waals surface area contributed by atoms with Crippen molar-refractivity contribution in [3.05, 3.63) is 42.9 Å². The summed E-state index contributed by atoms with van der Waals surface area (Å²) in [6.07, 6.45) is 5.14. The van der Waals surface area contributed by atoms with E-state index in [1.807, 2.05) is 24.3 Å². The van der Waals surface area contributed by atoms with E-state index >= 15 is 0 Å². The molecule has 12 heavy (non-hydrogen) atoms. The van der Waals surface area contributed by atoms with Crippen LogP contribution in [0.25, 0.3) is 5.82 Å². The highest BCUT2D eigenvalue weighted by atomic mass is 15.4. The molecule has 0 saturated carbocycles. The van der Waals surface area contributed by atoms with Crippen molar-refractivity contribution >= 4 is 0 Å². The minimum atomic E-state index is 0.769. The smallest absolute Gasteiger partial charge is 0.110 e. The van der Waals surface area contributed by atoms with Crippen LogP contribution in [-0.4, -0.2) is 15.3 Å². The summed E-state index contributed by atoms with van der Waals surface area (Å²) in [7, 11) is 0. The normalized spacial score (nSPS) is 9.67. The Morgan fingerprint density at radius 1 is 1.08 bits per heavy atom. The Hall–Kier alpha value is -1.84. The Kier molecular flexibility index (Phi) is 1.74. The fourth-order valence-electron chi connectivity index (χ4n) is 0.885. The second-order valence-corrected chi connectivity index (χ2v) is 2.23. The standard InChI is InChI=1S/C8H7N4/c1-2-5-9-8(4-1)12-7-3-6-10-11-12/h1-7H/q+1. The zero-order chi connectivity index (χ0) is 8.23. The molecule has 0 unspecified atom stereocenters. The lowest BCUT2D eigenvalue weighted by atomic mass is 10.5. The largest absolute Gasteiger partial charge is 0.285 e. The van der Waals surface area contributed by atoms with E-state index in [0.29, 0.717) is 0 Å². The fourth-order valence-corrected chi connectivity index (χ4v) is 0.885. The van der Waals surface area contributed by atoms with Gasteiger partial charge in [0, 0.05) is 12.1 Å². The maximum absolute atomic E-state index is 4.11. The maximum atomic E-state index is 4.11. The lowest BCUT2D eigenvalue weighted by Gasteiger charge is -1.90. The van der Waals surface area contributed by atoms with Gasteiger partial charge >= 0.3 is 0 Å². The maximum Gasteiger partial charge on any atom is 0.285 e. The molecular formula is C8H7N4+. The molecule has 2 heterocycles. The van der Waals surface area contributed by atoms with Crippen molar-refractivity contribution < 1.29 is 4.68 Å². The SMILES string of the molecule is c1ccc(-[n+]2cccnn2)nc1. The molecule has 0 aliphatic rings. The van der Waals surface area contributed by atoms with E-state index in [1.165, 1.54) is 0 Å². The van der Waals surface area contributed by atoms with E-state index < -0.39 is 0 Å². The molecule has 2 aromatic heterocycles. The third-order valence-electron chi connectivity index (χ3n) is 1.41. The molecule has 0 aliphatic heterocycles. The molecule has 0 aromatic carbocycles. The lowest BCUT2D eigenvalue weighted by Crippen LogP contribution is -2.36. The van der Waals surface area contributed by atoms with Crippen molar-refractivity contribution in [3.63, 3.8) is 0 Å². The summed E-state index contributed by atoms with van der Waals surface area (Å²) in [6, 6.07) is 7.45. The van der Waals surface area contributed by atoms with Gasteiger partial charge in [-0.15, -0.1) is 9.67 Å². The second-order valence-electron chi connectivity index (χ2n) is 2.23. The van der Waals surface area contributed by atoms with Crippen molar-refractivity contribution in [2.75, 3.05) is 0 Å².